The molecule has 1 saturated heterocycles. The highest BCUT2D eigenvalue weighted by Gasteiger charge is 2.39. The Bertz CT molecular complexity index is 555. The van der Waals surface area contributed by atoms with Gasteiger partial charge in [-0.2, -0.15) is 0 Å². The fourth-order valence-electron chi connectivity index (χ4n) is 3.03. The minimum Gasteiger partial charge on any atom is -0.381 e. The maximum absolute atomic E-state index is 14.1. The molecule has 1 heterocycles. The lowest BCUT2D eigenvalue weighted by Crippen LogP contribution is -2.50. The maximum Gasteiger partial charge on any atom is 0.227 e. The molecule has 0 aliphatic carbocycles. The Morgan fingerprint density at radius 1 is 1.33 bits per heavy atom. The number of likely N-dealkylation sites (N-methyl/N-ethyl adjacent to an activating group) is 1. The summed E-state index contributed by atoms with van der Waals surface area (Å²) in [4.78, 5) is 14.3. The molecule has 7 heteroatoms. The largest absolute Gasteiger partial charge is 0.381 e. The first-order valence-electron chi connectivity index (χ1n) is 8.08. The maximum atomic E-state index is 14.1. The van der Waals surface area contributed by atoms with E-state index in [1.54, 1.807) is 19.0 Å². The SMILES string of the molecule is CN(C)C(CNC(=O)C1(CN)CCOCC1)c1c(F)cccc1F. The molecule has 0 bridgehead atoms. The molecule has 1 unspecified atom stereocenters. The molecular weight excluding hydrogens is 316 g/mol. The van der Waals surface area contributed by atoms with Crippen LogP contribution in [0, 0.1) is 17.0 Å². The van der Waals surface area contributed by atoms with Gasteiger partial charge in [-0.25, -0.2) is 8.78 Å². The molecule has 134 valence electrons. The van der Waals surface area contributed by atoms with Crippen LogP contribution in [0.3, 0.4) is 0 Å². The molecule has 0 aromatic heterocycles. The number of hydrogen-bond acceptors (Lipinski definition) is 4. The Balaban J connectivity index is 2.13. The monoisotopic (exact) mass is 341 g/mol. The van der Waals surface area contributed by atoms with Gasteiger partial charge in [-0.05, 0) is 39.1 Å². The topological polar surface area (TPSA) is 67.6 Å². The highest BCUT2D eigenvalue weighted by Crippen LogP contribution is 2.30. The highest BCUT2D eigenvalue weighted by atomic mass is 19.1. The van der Waals surface area contributed by atoms with Crippen molar-refractivity contribution in [3.05, 3.63) is 35.4 Å². The van der Waals surface area contributed by atoms with Gasteiger partial charge in [0.2, 0.25) is 5.91 Å². The second-order valence-corrected chi connectivity index (χ2v) is 6.42. The summed E-state index contributed by atoms with van der Waals surface area (Å²) in [5, 5.41) is 2.83. The molecular formula is C17H25F2N3O2. The third-order valence-corrected chi connectivity index (χ3v) is 4.73. The van der Waals surface area contributed by atoms with E-state index in [1.165, 1.54) is 18.2 Å². The summed E-state index contributed by atoms with van der Waals surface area (Å²) in [6, 6.07) is 3.16. The van der Waals surface area contributed by atoms with Crippen molar-refractivity contribution in [1.29, 1.82) is 0 Å². The quantitative estimate of drug-likeness (QED) is 0.822. The van der Waals surface area contributed by atoms with Crippen LogP contribution in [0.15, 0.2) is 18.2 Å². The first-order chi connectivity index (χ1) is 11.4. The molecule has 1 aromatic carbocycles. The van der Waals surface area contributed by atoms with Crippen molar-refractivity contribution in [2.45, 2.75) is 18.9 Å². The summed E-state index contributed by atoms with van der Waals surface area (Å²) < 4.78 is 33.4. The highest BCUT2D eigenvalue weighted by molar-refractivity contribution is 5.83. The van der Waals surface area contributed by atoms with Crippen LogP contribution in [0.1, 0.15) is 24.4 Å². The Morgan fingerprint density at radius 3 is 2.42 bits per heavy atom. The van der Waals surface area contributed by atoms with E-state index in [0.29, 0.717) is 26.1 Å². The lowest BCUT2D eigenvalue weighted by atomic mass is 9.79. The smallest absolute Gasteiger partial charge is 0.227 e. The van der Waals surface area contributed by atoms with E-state index < -0.39 is 23.1 Å². The molecule has 1 amide bonds. The second-order valence-electron chi connectivity index (χ2n) is 6.42. The third kappa shape index (κ3) is 3.91. The summed E-state index contributed by atoms with van der Waals surface area (Å²) >= 11 is 0. The summed E-state index contributed by atoms with van der Waals surface area (Å²) in [7, 11) is 3.44. The van der Waals surface area contributed by atoms with E-state index in [2.05, 4.69) is 5.32 Å². The summed E-state index contributed by atoms with van der Waals surface area (Å²) in [6.07, 6.45) is 1.10. The molecule has 5 nitrogen and oxygen atoms in total. The van der Waals surface area contributed by atoms with Crippen molar-refractivity contribution in [3.63, 3.8) is 0 Å². The van der Waals surface area contributed by atoms with Crippen molar-refractivity contribution in [2.24, 2.45) is 11.1 Å². The number of carbonyl (C=O) groups excluding carboxylic acids is 1. The number of hydrogen-bond donors (Lipinski definition) is 2. The van der Waals surface area contributed by atoms with Gasteiger partial charge in [0.25, 0.3) is 0 Å². The van der Waals surface area contributed by atoms with Crippen LogP contribution in [0.4, 0.5) is 8.78 Å². The molecule has 0 saturated carbocycles. The molecule has 0 spiro atoms. The van der Waals surface area contributed by atoms with E-state index in [-0.39, 0.29) is 24.6 Å². The van der Waals surface area contributed by atoms with Gasteiger partial charge in [-0.3, -0.25) is 4.79 Å². The number of ether oxygens (including phenoxy) is 1. The average molecular weight is 341 g/mol. The molecule has 3 N–H and O–H groups in total. The predicted octanol–water partition coefficient (Wildman–Crippen LogP) is 1.44. The van der Waals surface area contributed by atoms with Crippen LogP contribution in [0.5, 0.6) is 0 Å². The summed E-state index contributed by atoms with van der Waals surface area (Å²) in [6.45, 7) is 1.31. The van der Waals surface area contributed by atoms with Crippen LogP contribution < -0.4 is 11.1 Å². The van der Waals surface area contributed by atoms with Gasteiger partial charge in [-0.1, -0.05) is 6.07 Å². The van der Waals surface area contributed by atoms with Crippen molar-refractivity contribution >= 4 is 5.91 Å². The van der Waals surface area contributed by atoms with Gasteiger partial charge in [-0.15, -0.1) is 0 Å². The average Bonchev–Trinajstić information content (AvgIpc) is 2.57. The Morgan fingerprint density at radius 2 is 1.92 bits per heavy atom. The molecule has 1 atom stereocenters. The number of nitrogens with one attached hydrogen (secondary N) is 1. The number of nitrogens with two attached hydrogens (primary N) is 1. The Hall–Kier alpha value is -1.57. The van der Waals surface area contributed by atoms with E-state index in [9.17, 15) is 13.6 Å². The molecule has 0 radical (unpaired) electrons. The molecule has 1 fully saturated rings. The van der Waals surface area contributed by atoms with Gasteiger partial charge in [0.05, 0.1) is 11.5 Å². The van der Waals surface area contributed by atoms with Crippen molar-refractivity contribution in [3.8, 4) is 0 Å². The van der Waals surface area contributed by atoms with Crippen LogP contribution in [-0.4, -0.2) is 51.2 Å². The summed E-state index contributed by atoms with van der Waals surface area (Å²) in [5.41, 5.74) is 5.11. The lowest BCUT2D eigenvalue weighted by molar-refractivity contribution is -0.136. The Labute approximate surface area is 141 Å². The second kappa shape index (κ2) is 8.00. The van der Waals surface area contributed by atoms with Gasteiger partial charge in [0, 0.05) is 31.9 Å². The third-order valence-electron chi connectivity index (χ3n) is 4.73. The zero-order valence-corrected chi connectivity index (χ0v) is 14.1. The number of nitrogens with zero attached hydrogens (tertiary/aromatic N) is 1. The molecule has 1 aliphatic rings. The van der Waals surface area contributed by atoms with Crippen LogP contribution in [-0.2, 0) is 9.53 Å². The first-order valence-corrected chi connectivity index (χ1v) is 8.08. The zero-order valence-electron chi connectivity index (χ0n) is 14.1. The number of carbonyl (C=O) groups is 1. The van der Waals surface area contributed by atoms with Gasteiger partial charge in [0.15, 0.2) is 0 Å². The van der Waals surface area contributed by atoms with Crippen LogP contribution in [0.25, 0.3) is 0 Å². The van der Waals surface area contributed by atoms with Gasteiger partial charge >= 0.3 is 0 Å². The number of halogens is 2. The first kappa shape index (κ1) is 18.8. The van der Waals surface area contributed by atoms with E-state index in [0.717, 1.165) is 0 Å². The summed E-state index contributed by atoms with van der Waals surface area (Å²) in [5.74, 6) is -1.43. The number of rotatable bonds is 6. The minimum absolute atomic E-state index is 0.0448. The molecule has 24 heavy (non-hydrogen) atoms. The molecule has 1 aromatic rings. The van der Waals surface area contributed by atoms with Gasteiger partial charge in [0.1, 0.15) is 11.6 Å². The van der Waals surface area contributed by atoms with Crippen LogP contribution in [0.2, 0.25) is 0 Å². The Kier molecular flexibility index (Phi) is 6.26. The molecule has 1 aliphatic heterocycles. The van der Waals surface area contributed by atoms with E-state index >= 15 is 0 Å². The van der Waals surface area contributed by atoms with Crippen LogP contribution >= 0.6 is 0 Å². The van der Waals surface area contributed by atoms with Gasteiger partial charge < -0.3 is 20.7 Å². The standard InChI is InChI=1S/C17H25F2N3O2/c1-22(2)14(15-12(18)4-3-5-13(15)19)10-21-16(23)17(11-20)6-8-24-9-7-17/h3-5,14H,6-11,20H2,1-2H3,(H,21,23). The van der Waals surface area contributed by atoms with Crippen molar-refractivity contribution in [1.82, 2.24) is 10.2 Å². The van der Waals surface area contributed by atoms with Crippen molar-refractivity contribution < 1.29 is 18.3 Å². The fourth-order valence-corrected chi connectivity index (χ4v) is 3.03. The fraction of sp³-hybridized carbons (Fsp3) is 0.588. The van der Waals surface area contributed by atoms with E-state index in [4.69, 9.17) is 10.5 Å². The van der Waals surface area contributed by atoms with E-state index in [1.807, 2.05) is 0 Å². The zero-order chi connectivity index (χ0) is 17.7. The number of benzene rings is 1. The number of amides is 1. The lowest BCUT2D eigenvalue weighted by Gasteiger charge is -2.35. The normalized spacial score (nSPS) is 18.4. The predicted molar refractivity (Wildman–Crippen MR) is 87.3 cm³/mol. The van der Waals surface area contributed by atoms with Crippen molar-refractivity contribution in [2.75, 3.05) is 40.4 Å². The minimum atomic E-state index is -0.664. The molecule has 2 rings (SSSR count).